The molecule has 0 aromatic carbocycles. The van der Waals surface area contributed by atoms with E-state index in [1.54, 1.807) is 0 Å². The van der Waals surface area contributed by atoms with E-state index in [1.165, 1.54) is 11.8 Å². The smallest absolute Gasteiger partial charge is 0.230 e. The van der Waals surface area contributed by atoms with Gasteiger partial charge in [-0.1, -0.05) is 6.92 Å². The molecule has 0 aliphatic carbocycles. The van der Waals surface area contributed by atoms with Crippen molar-refractivity contribution in [3.05, 3.63) is 0 Å². The van der Waals surface area contributed by atoms with E-state index >= 15 is 0 Å². The number of rotatable bonds is 5. The first-order valence-electron chi connectivity index (χ1n) is 3.89. The summed E-state index contributed by atoms with van der Waals surface area (Å²) in [6.07, 6.45) is 3.09. The Bertz CT molecular complexity index is 176. The van der Waals surface area contributed by atoms with Crippen LogP contribution >= 0.6 is 11.8 Å². The molecule has 0 radical (unpaired) electrons. The Morgan fingerprint density at radius 2 is 2.42 bits per heavy atom. The molecule has 0 aromatic heterocycles. The van der Waals surface area contributed by atoms with Crippen LogP contribution in [0.25, 0.3) is 0 Å². The number of nitriles is 1. The van der Waals surface area contributed by atoms with Crippen LogP contribution in [-0.4, -0.2) is 24.0 Å². The van der Waals surface area contributed by atoms with Crippen molar-refractivity contribution in [3.8, 4) is 6.07 Å². The number of carbonyl (C=O) groups excluding carboxylic acids is 1. The first-order valence-corrected chi connectivity index (χ1v) is 5.29. The molecule has 0 saturated carbocycles. The molecular weight excluding hydrogens is 172 g/mol. The van der Waals surface area contributed by atoms with Gasteiger partial charge in [0.15, 0.2) is 0 Å². The fraction of sp³-hybridized carbons (Fsp3) is 0.750. The average Bonchev–Trinajstić information content (AvgIpc) is 2.04. The van der Waals surface area contributed by atoms with Crippen LogP contribution in [-0.2, 0) is 4.79 Å². The van der Waals surface area contributed by atoms with Crippen molar-refractivity contribution >= 4 is 17.7 Å². The fourth-order valence-corrected chi connectivity index (χ4v) is 1.15. The van der Waals surface area contributed by atoms with E-state index in [0.29, 0.717) is 12.2 Å². The van der Waals surface area contributed by atoms with Gasteiger partial charge in [-0.3, -0.25) is 4.79 Å². The highest BCUT2D eigenvalue weighted by molar-refractivity contribution is 7.99. The zero-order valence-electron chi connectivity index (χ0n) is 7.46. The average molecular weight is 186 g/mol. The first kappa shape index (κ1) is 11.3. The Balaban J connectivity index is 3.70. The Hall–Kier alpha value is -0.690. The van der Waals surface area contributed by atoms with Crippen LogP contribution < -0.4 is 5.32 Å². The quantitative estimate of drug-likeness (QED) is 0.701. The monoisotopic (exact) mass is 186 g/mol. The minimum absolute atomic E-state index is 0.0181. The summed E-state index contributed by atoms with van der Waals surface area (Å²) in [5.74, 6) is 0.492. The van der Waals surface area contributed by atoms with Gasteiger partial charge in [0.2, 0.25) is 5.91 Å². The summed E-state index contributed by atoms with van der Waals surface area (Å²) < 4.78 is 0. The van der Waals surface area contributed by atoms with Crippen LogP contribution in [0, 0.1) is 11.3 Å². The van der Waals surface area contributed by atoms with Gasteiger partial charge < -0.3 is 5.32 Å². The van der Waals surface area contributed by atoms with Crippen molar-refractivity contribution in [1.82, 2.24) is 5.32 Å². The maximum Gasteiger partial charge on any atom is 0.230 e. The third-order valence-electron chi connectivity index (χ3n) is 1.47. The van der Waals surface area contributed by atoms with Crippen LogP contribution in [0.2, 0.25) is 0 Å². The molecule has 68 valence electrons. The molecule has 3 nitrogen and oxygen atoms in total. The molecule has 0 heterocycles. The highest BCUT2D eigenvalue weighted by Gasteiger charge is 2.08. The largest absolute Gasteiger partial charge is 0.352 e. The minimum Gasteiger partial charge on any atom is -0.352 e. The van der Waals surface area contributed by atoms with Crippen molar-refractivity contribution in [2.24, 2.45) is 0 Å². The third kappa shape index (κ3) is 5.03. The van der Waals surface area contributed by atoms with Crippen LogP contribution in [0.3, 0.4) is 0 Å². The molecule has 4 heteroatoms. The molecule has 0 saturated heterocycles. The number of nitrogens with one attached hydrogen (secondary N) is 1. The molecule has 0 aliphatic rings. The minimum atomic E-state index is 0.0181. The Morgan fingerprint density at radius 1 is 1.75 bits per heavy atom. The predicted octanol–water partition coefficient (Wildman–Crippen LogP) is 1.16. The van der Waals surface area contributed by atoms with Crippen LogP contribution in [0.15, 0.2) is 0 Å². The SMILES string of the molecule is CCC(CC#N)NC(=O)CSC. The summed E-state index contributed by atoms with van der Waals surface area (Å²) in [7, 11) is 0. The zero-order chi connectivity index (χ0) is 9.40. The number of hydrogen-bond acceptors (Lipinski definition) is 3. The van der Waals surface area contributed by atoms with Gasteiger partial charge in [0.25, 0.3) is 0 Å². The summed E-state index contributed by atoms with van der Waals surface area (Å²) in [4.78, 5) is 11.0. The van der Waals surface area contributed by atoms with Crippen LogP contribution in [0.1, 0.15) is 19.8 Å². The number of hydrogen-bond donors (Lipinski definition) is 1. The first-order chi connectivity index (χ1) is 5.74. The number of carbonyl (C=O) groups is 1. The lowest BCUT2D eigenvalue weighted by atomic mass is 10.2. The second-order valence-corrected chi connectivity index (χ2v) is 3.33. The maximum atomic E-state index is 11.0. The normalized spacial score (nSPS) is 11.8. The topological polar surface area (TPSA) is 52.9 Å². The van der Waals surface area contributed by atoms with E-state index in [2.05, 4.69) is 5.32 Å². The Morgan fingerprint density at radius 3 is 2.83 bits per heavy atom. The highest BCUT2D eigenvalue weighted by atomic mass is 32.2. The summed E-state index contributed by atoms with van der Waals surface area (Å²) in [5.41, 5.74) is 0. The van der Waals surface area contributed by atoms with E-state index < -0.39 is 0 Å². The summed E-state index contributed by atoms with van der Waals surface area (Å²) in [6.45, 7) is 1.96. The molecule has 0 fully saturated rings. The lowest BCUT2D eigenvalue weighted by Gasteiger charge is -2.12. The second kappa shape index (κ2) is 6.99. The van der Waals surface area contributed by atoms with Gasteiger partial charge >= 0.3 is 0 Å². The molecule has 1 N–H and O–H groups in total. The molecule has 0 rings (SSSR count). The van der Waals surface area contributed by atoms with Gasteiger partial charge in [0, 0.05) is 6.04 Å². The lowest BCUT2D eigenvalue weighted by Crippen LogP contribution is -2.35. The molecule has 0 aliphatic heterocycles. The van der Waals surface area contributed by atoms with Crippen molar-refractivity contribution in [3.63, 3.8) is 0 Å². The second-order valence-electron chi connectivity index (χ2n) is 2.47. The molecular formula is C8H14N2OS. The molecule has 1 unspecified atom stereocenters. The van der Waals surface area contributed by atoms with E-state index in [0.717, 1.165) is 6.42 Å². The van der Waals surface area contributed by atoms with Crippen LogP contribution in [0.5, 0.6) is 0 Å². The molecule has 1 atom stereocenters. The third-order valence-corrected chi connectivity index (χ3v) is 2.02. The summed E-state index contributed by atoms with van der Waals surface area (Å²) in [5, 5.41) is 11.2. The van der Waals surface area contributed by atoms with E-state index in [9.17, 15) is 4.79 Å². The molecule has 0 spiro atoms. The maximum absolute atomic E-state index is 11.0. The Kier molecular flexibility index (Phi) is 6.58. The van der Waals surface area contributed by atoms with Gasteiger partial charge in [-0.25, -0.2) is 0 Å². The van der Waals surface area contributed by atoms with Gasteiger partial charge in [0.05, 0.1) is 18.2 Å². The molecule has 0 aromatic rings. The number of amides is 1. The molecule has 12 heavy (non-hydrogen) atoms. The zero-order valence-corrected chi connectivity index (χ0v) is 8.28. The standard InChI is InChI=1S/C8H14N2OS/c1-3-7(4-5-9)10-8(11)6-12-2/h7H,3-4,6H2,1-2H3,(H,10,11). The predicted molar refractivity (Wildman–Crippen MR) is 50.8 cm³/mol. The Labute approximate surface area is 77.5 Å². The fourth-order valence-electron chi connectivity index (χ4n) is 0.808. The van der Waals surface area contributed by atoms with E-state index in [1.807, 2.05) is 19.2 Å². The summed E-state index contributed by atoms with van der Waals surface area (Å²) >= 11 is 1.49. The molecule has 0 bridgehead atoms. The number of thioether (sulfide) groups is 1. The van der Waals surface area contributed by atoms with Crippen LogP contribution in [0.4, 0.5) is 0 Å². The highest BCUT2D eigenvalue weighted by Crippen LogP contribution is 1.97. The van der Waals surface area contributed by atoms with Gasteiger partial charge in [-0.05, 0) is 12.7 Å². The van der Waals surface area contributed by atoms with Gasteiger partial charge in [-0.2, -0.15) is 17.0 Å². The lowest BCUT2D eigenvalue weighted by molar-refractivity contribution is -0.119. The van der Waals surface area contributed by atoms with Crippen molar-refractivity contribution in [1.29, 1.82) is 5.26 Å². The van der Waals surface area contributed by atoms with E-state index in [4.69, 9.17) is 5.26 Å². The van der Waals surface area contributed by atoms with Crippen molar-refractivity contribution in [2.45, 2.75) is 25.8 Å². The van der Waals surface area contributed by atoms with Gasteiger partial charge in [-0.15, -0.1) is 0 Å². The number of nitrogens with zero attached hydrogens (tertiary/aromatic N) is 1. The van der Waals surface area contributed by atoms with Crippen molar-refractivity contribution < 1.29 is 4.79 Å². The van der Waals surface area contributed by atoms with Gasteiger partial charge in [0.1, 0.15) is 0 Å². The summed E-state index contributed by atoms with van der Waals surface area (Å²) in [6, 6.07) is 2.07. The van der Waals surface area contributed by atoms with E-state index in [-0.39, 0.29) is 11.9 Å². The van der Waals surface area contributed by atoms with Crippen molar-refractivity contribution in [2.75, 3.05) is 12.0 Å². The molecule has 1 amide bonds.